The lowest BCUT2D eigenvalue weighted by Crippen LogP contribution is -2.06. The summed E-state index contributed by atoms with van der Waals surface area (Å²) in [5.74, 6) is -1.78. The molecule has 1 rings (SSSR count). The molecule has 0 atom stereocenters. The van der Waals surface area contributed by atoms with Crippen LogP contribution in [0.5, 0.6) is 11.5 Å². The Morgan fingerprint density at radius 1 is 1.15 bits per heavy atom. The number of carboxylic acids is 1. The van der Waals surface area contributed by atoms with Gasteiger partial charge >= 0.3 is 5.97 Å². The minimum atomic E-state index is -1.25. The molecule has 0 saturated carbocycles. The van der Waals surface area contributed by atoms with Crippen molar-refractivity contribution in [3.8, 4) is 11.5 Å². The molecule has 0 saturated heterocycles. The number of benzene rings is 1. The van der Waals surface area contributed by atoms with Crippen LogP contribution in [0.4, 0.5) is 4.39 Å². The number of aromatic carboxylic acids is 1. The highest BCUT2D eigenvalue weighted by Gasteiger charge is 2.21. The summed E-state index contributed by atoms with van der Waals surface area (Å²) in [4.78, 5) is 11.5. The summed E-state index contributed by atoms with van der Waals surface area (Å²) in [7, 11) is 0. The van der Waals surface area contributed by atoms with Crippen molar-refractivity contribution in [1.29, 1.82) is 0 Å². The maximum atomic E-state index is 12.3. The second kappa shape index (κ2) is 10.6. The Morgan fingerprint density at radius 3 is 2.42 bits per heavy atom. The van der Waals surface area contributed by atoms with Crippen molar-refractivity contribution in [2.45, 2.75) is 59.3 Å². The van der Waals surface area contributed by atoms with Crippen LogP contribution in [-0.4, -0.2) is 28.0 Å². The van der Waals surface area contributed by atoms with Gasteiger partial charge in [0.15, 0.2) is 0 Å². The molecule has 26 heavy (non-hydrogen) atoms. The molecule has 0 fully saturated rings. The van der Waals surface area contributed by atoms with E-state index in [9.17, 15) is 24.5 Å². The molecule has 0 aromatic heterocycles. The molecule has 0 aliphatic rings. The maximum Gasteiger partial charge on any atom is 0.339 e. The zero-order valence-corrected chi connectivity index (χ0v) is 15.8. The van der Waals surface area contributed by atoms with Gasteiger partial charge in [-0.05, 0) is 70.9 Å². The molecule has 0 bridgehead atoms. The molecule has 4 nitrogen and oxygen atoms in total. The number of unbranched alkanes of at least 4 members (excludes halogenated alkanes) is 1. The average Bonchev–Trinajstić information content (AvgIpc) is 2.53. The number of aromatic hydroxyl groups is 2. The summed E-state index contributed by atoms with van der Waals surface area (Å²) >= 11 is 0. The first-order valence-electron chi connectivity index (χ1n) is 8.92. The fourth-order valence-electron chi connectivity index (χ4n) is 2.76. The molecule has 144 valence electrons. The second-order valence-corrected chi connectivity index (χ2v) is 6.78. The Morgan fingerprint density at radius 2 is 1.85 bits per heavy atom. The van der Waals surface area contributed by atoms with Crippen LogP contribution in [0.2, 0.25) is 0 Å². The number of carboxylic acid groups (broad SMARTS) is 1. The van der Waals surface area contributed by atoms with E-state index in [1.165, 1.54) is 11.6 Å². The highest BCUT2D eigenvalue weighted by atomic mass is 19.1. The lowest BCUT2D eigenvalue weighted by atomic mass is 9.95. The monoisotopic (exact) mass is 364 g/mol. The number of phenolic OH excluding ortho intramolecular Hbond substituents is 1. The van der Waals surface area contributed by atoms with E-state index in [-0.39, 0.29) is 23.3 Å². The van der Waals surface area contributed by atoms with E-state index in [4.69, 9.17) is 0 Å². The highest BCUT2D eigenvalue weighted by Crippen LogP contribution is 2.35. The van der Waals surface area contributed by atoms with Crippen molar-refractivity contribution in [3.05, 3.63) is 46.1 Å². The number of rotatable bonds is 10. The van der Waals surface area contributed by atoms with E-state index in [1.54, 1.807) is 0 Å². The van der Waals surface area contributed by atoms with Crippen molar-refractivity contribution in [2.75, 3.05) is 6.67 Å². The van der Waals surface area contributed by atoms with Gasteiger partial charge in [-0.3, -0.25) is 4.39 Å². The Kier molecular flexibility index (Phi) is 8.90. The van der Waals surface area contributed by atoms with Crippen LogP contribution < -0.4 is 0 Å². The molecule has 0 radical (unpaired) electrons. The van der Waals surface area contributed by atoms with Crippen LogP contribution in [-0.2, 0) is 12.8 Å². The predicted octanol–water partition coefficient (Wildman–Crippen LogP) is 5.32. The summed E-state index contributed by atoms with van der Waals surface area (Å²) in [6.45, 7) is 5.57. The SMILES string of the molecule is CC(C)=CCC/C(C)=C/Cc1c(O)cc(CCCCF)c(C(=O)O)c1O. The standard InChI is InChI=1S/C21H29FO4/c1-14(2)7-6-8-15(3)10-11-17-18(23)13-16(9-4-5-12-22)19(20(17)24)21(25)26/h7,10,13,23-24H,4-6,8-9,11-12H2,1-3H3,(H,25,26)/b15-10+. The van der Waals surface area contributed by atoms with Gasteiger partial charge in [-0.2, -0.15) is 0 Å². The number of alkyl halides is 1. The lowest BCUT2D eigenvalue weighted by Gasteiger charge is -2.13. The van der Waals surface area contributed by atoms with Crippen LogP contribution in [0.1, 0.15) is 67.9 Å². The third kappa shape index (κ3) is 6.54. The molecule has 0 heterocycles. The molecule has 5 heteroatoms. The first-order chi connectivity index (χ1) is 12.3. The van der Waals surface area contributed by atoms with E-state index in [0.29, 0.717) is 24.8 Å². The Labute approximate surface area is 154 Å². The molecule has 0 unspecified atom stereocenters. The molecule has 0 aliphatic carbocycles. The van der Waals surface area contributed by atoms with E-state index < -0.39 is 18.4 Å². The van der Waals surface area contributed by atoms with Crippen molar-refractivity contribution in [3.63, 3.8) is 0 Å². The van der Waals surface area contributed by atoms with Gasteiger partial charge in [0.05, 0.1) is 6.67 Å². The van der Waals surface area contributed by atoms with Gasteiger partial charge in [0.25, 0.3) is 0 Å². The van der Waals surface area contributed by atoms with Crippen LogP contribution in [0.3, 0.4) is 0 Å². The van der Waals surface area contributed by atoms with Gasteiger partial charge in [0, 0.05) is 5.56 Å². The molecule has 1 aromatic carbocycles. The molecular formula is C21H29FO4. The van der Waals surface area contributed by atoms with Gasteiger partial charge in [0.2, 0.25) is 0 Å². The number of aryl methyl sites for hydroxylation is 1. The van der Waals surface area contributed by atoms with Crippen LogP contribution in [0, 0.1) is 0 Å². The highest BCUT2D eigenvalue weighted by molar-refractivity contribution is 5.93. The fraction of sp³-hybridized carbons (Fsp3) is 0.476. The average molecular weight is 364 g/mol. The van der Waals surface area contributed by atoms with Gasteiger partial charge in [-0.25, -0.2) is 4.79 Å². The Hall–Kier alpha value is -2.30. The smallest absolute Gasteiger partial charge is 0.339 e. The number of allylic oxidation sites excluding steroid dienone is 4. The van der Waals surface area contributed by atoms with Crippen molar-refractivity contribution in [2.24, 2.45) is 0 Å². The summed E-state index contributed by atoms with van der Waals surface area (Å²) in [5, 5.41) is 30.0. The molecule has 0 spiro atoms. The van der Waals surface area contributed by atoms with Crippen LogP contribution in [0.15, 0.2) is 29.4 Å². The first-order valence-corrected chi connectivity index (χ1v) is 8.92. The van der Waals surface area contributed by atoms with Crippen molar-refractivity contribution < 1.29 is 24.5 Å². The minimum absolute atomic E-state index is 0.129. The third-order valence-electron chi connectivity index (χ3n) is 4.25. The zero-order valence-electron chi connectivity index (χ0n) is 15.8. The Balaban J connectivity index is 3.03. The van der Waals surface area contributed by atoms with Crippen LogP contribution >= 0.6 is 0 Å². The minimum Gasteiger partial charge on any atom is -0.508 e. The third-order valence-corrected chi connectivity index (χ3v) is 4.25. The largest absolute Gasteiger partial charge is 0.508 e. The van der Waals surface area contributed by atoms with E-state index in [0.717, 1.165) is 18.4 Å². The second-order valence-electron chi connectivity index (χ2n) is 6.78. The van der Waals surface area contributed by atoms with Crippen molar-refractivity contribution >= 4 is 5.97 Å². The van der Waals surface area contributed by atoms with E-state index in [2.05, 4.69) is 6.08 Å². The van der Waals surface area contributed by atoms with Gasteiger partial charge in [-0.1, -0.05) is 23.3 Å². The van der Waals surface area contributed by atoms with Gasteiger partial charge in [0.1, 0.15) is 17.1 Å². The summed E-state index contributed by atoms with van der Waals surface area (Å²) in [5.41, 5.74) is 2.69. The van der Waals surface area contributed by atoms with Gasteiger partial charge in [-0.15, -0.1) is 0 Å². The summed E-state index contributed by atoms with van der Waals surface area (Å²) in [6.07, 6.45) is 7.13. The molecule has 0 aliphatic heterocycles. The number of hydrogen-bond acceptors (Lipinski definition) is 3. The number of carbonyl (C=O) groups is 1. The zero-order chi connectivity index (χ0) is 19.7. The summed E-state index contributed by atoms with van der Waals surface area (Å²) in [6, 6.07) is 1.38. The normalized spacial score (nSPS) is 11.5. The number of hydrogen-bond donors (Lipinski definition) is 3. The van der Waals surface area contributed by atoms with E-state index in [1.807, 2.05) is 26.8 Å². The first kappa shape index (κ1) is 21.7. The van der Waals surface area contributed by atoms with E-state index >= 15 is 0 Å². The number of phenols is 2. The fourth-order valence-corrected chi connectivity index (χ4v) is 2.76. The number of halogens is 1. The van der Waals surface area contributed by atoms with Gasteiger partial charge < -0.3 is 15.3 Å². The summed E-state index contributed by atoms with van der Waals surface area (Å²) < 4.78 is 12.3. The molecule has 3 N–H and O–H groups in total. The molecule has 1 aromatic rings. The Bertz CT molecular complexity index is 686. The topological polar surface area (TPSA) is 77.8 Å². The predicted molar refractivity (Wildman–Crippen MR) is 102 cm³/mol. The molecular weight excluding hydrogens is 335 g/mol. The molecule has 0 amide bonds. The van der Waals surface area contributed by atoms with Crippen LogP contribution in [0.25, 0.3) is 0 Å². The van der Waals surface area contributed by atoms with Crippen molar-refractivity contribution in [1.82, 2.24) is 0 Å². The quantitative estimate of drug-likeness (QED) is 0.388. The lowest BCUT2D eigenvalue weighted by molar-refractivity contribution is 0.0692. The maximum absolute atomic E-state index is 12.3.